The van der Waals surface area contributed by atoms with E-state index in [1.165, 1.54) is 0 Å². The van der Waals surface area contributed by atoms with Gasteiger partial charge in [0, 0.05) is 0 Å². The van der Waals surface area contributed by atoms with Gasteiger partial charge in [0.1, 0.15) is 0 Å². The summed E-state index contributed by atoms with van der Waals surface area (Å²) in [6.07, 6.45) is 4.82. The standard InChI is InChI=1S/C13H26O.CH4/c1-8-13(14,12(5,6)7)10-9-11(2,3)4;/h9-10,14H,8H2,1-7H3;1H4/b10-9+;. The van der Waals surface area contributed by atoms with Crippen molar-refractivity contribution in [3.8, 4) is 0 Å². The molecule has 1 heteroatoms. The van der Waals surface area contributed by atoms with E-state index in [9.17, 15) is 5.11 Å². The molecule has 1 N–H and O–H groups in total. The molecule has 1 nitrogen and oxygen atoms in total. The van der Waals surface area contributed by atoms with Crippen LogP contribution in [0.1, 0.15) is 62.3 Å². The SMILES string of the molecule is C.CCC(O)(/C=C/C(C)(C)C)C(C)(C)C. The third-order valence-corrected chi connectivity index (χ3v) is 2.70. The first-order valence-electron chi connectivity index (χ1n) is 5.44. The molecule has 0 aromatic carbocycles. The van der Waals surface area contributed by atoms with Gasteiger partial charge >= 0.3 is 0 Å². The lowest BCUT2D eigenvalue weighted by Crippen LogP contribution is -2.40. The molecule has 0 bridgehead atoms. The minimum atomic E-state index is -0.694. The lowest BCUT2D eigenvalue weighted by Gasteiger charge is -2.37. The van der Waals surface area contributed by atoms with Crippen LogP contribution in [0.3, 0.4) is 0 Å². The maximum absolute atomic E-state index is 10.4. The molecule has 0 radical (unpaired) electrons. The van der Waals surface area contributed by atoms with Gasteiger partial charge < -0.3 is 5.11 Å². The second kappa shape index (κ2) is 5.16. The van der Waals surface area contributed by atoms with Gasteiger partial charge in [-0.3, -0.25) is 0 Å². The van der Waals surface area contributed by atoms with Crippen molar-refractivity contribution in [2.45, 2.75) is 67.9 Å². The first-order valence-corrected chi connectivity index (χ1v) is 5.44. The molecule has 1 atom stereocenters. The second-order valence-corrected chi connectivity index (χ2v) is 6.23. The van der Waals surface area contributed by atoms with Gasteiger partial charge in [-0.1, -0.05) is 68.0 Å². The van der Waals surface area contributed by atoms with E-state index in [0.717, 1.165) is 6.42 Å². The molecule has 0 aliphatic carbocycles. The molecule has 0 saturated carbocycles. The summed E-state index contributed by atoms with van der Waals surface area (Å²) in [7, 11) is 0. The average Bonchev–Trinajstić information content (AvgIpc) is 1.96. The summed E-state index contributed by atoms with van der Waals surface area (Å²) in [5.74, 6) is 0. The quantitative estimate of drug-likeness (QED) is 0.675. The third kappa shape index (κ3) is 5.36. The first-order chi connectivity index (χ1) is 6.02. The largest absolute Gasteiger partial charge is 0.385 e. The summed E-state index contributed by atoms with van der Waals surface area (Å²) in [4.78, 5) is 0. The molecule has 0 rings (SSSR count). The molecule has 0 aliphatic rings. The van der Waals surface area contributed by atoms with Gasteiger partial charge in [-0.25, -0.2) is 0 Å². The lowest BCUT2D eigenvalue weighted by atomic mass is 9.73. The normalized spacial score (nSPS) is 17.3. The Kier molecular flexibility index (Phi) is 5.88. The Morgan fingerprint density at radius 2 is 1.33 bits per heavy atom. The second-order valence-electron chi connectivity index (χ2n) is 6.23. The van der Waals surface area contributed by atoms with E-state index in [-0.39, 0.29) is 18.3 Å². The molecule has 0 spiro atoms. The molecule has 0 amide bonds. The van der Waals surface area contributed by atoms with Gasteiger partial charge in [0.05, 0.1) is 5.60 Å². The Balaban J connectivity index is 0. The lowest BCUT2D eigenvalue weighted by molar-refractivity contribution is -0.0173. The Morgan fingerprint density at radius 3 is 1.53 bits per heavy atom. The van der Waals surface area contributed by atoms with Crippen LogP contribution in [0, 0.1) is 10.8 Å². The topological polar surface area (TPSA) is 20.2 Å². The van der Waals surface area contributed by atoms with Gasteiger partial charge in [0.2, 0.25) is 0 Å². The van der Waals surface area contributed by atoms with E-state index in [1.807, 2.05) is 13.0 Å². The highest BCUT2D eigenvalue weighted by atomic mass is 16.3. The van der Waals surface area contributed by atoms with Gasteiger partial charge in [-0.05, 0) is 17.3 Å². The van der Waals surface area contributed by atoms with Gasteiger partial charge in [0.25, 0.3) is 0 Å². The maximum atomic E-state index is 10.4. The van der Waals surface area contributed by atoms with Crippen LogP contribution in [0.15, 0.2) is 12.2 Å². The fourth-order valence-electron chi connectivity index (χ4n) is 1.29. The number of rotatable bonds is 2. The maximum Gasteiger partial charge on any atom is 0.0873 e. The Morgan fingerprint density at radius 1 is 0.933 bits per heavy atom. The van der Waals surface area contributed by atoms with E-state index in [2.05, 4.69) is 47.6 Å². The first kappa shape index (κ1) is 17.1. The van der Waals surface area contributed by atoms with Crippen LogP contribution < -0.4 is 0 Å². The molecule has 0 aromatic rings. The van der Waals surface area contributed by atoms with E-state index < -0.39 is 5.60 Å². The van der Waals surface area contributed by atoms with Crippen LogP contribution >= 0.6 is 0 Å². The fourth-order valence-corrected chi connectivity index (χ4v) is 1.29. The molecule has 15 heavy (non-hydrogen) atoms. The molecular formula is C14H30O. The van der Waals surface area contributed by atoms with Crippen LogP contribution in [0.2, 0.25) is 0 Å². The van der Waals surface area contributed by atoms with Crippen molar-refractivity contribution in [1.29, 1.82) is 0 Å². The number of aliphatic hydroxyl groups is 1. The third-order valence-electron chi connectivity index (χ3n) is 2.70. The summed E-state index contributed by atoms with van der Waals surface area (Å²) >= 11 is 0. The van der Waals surface area contributed by atoms with Gasteiger partial charge in [-0.2, -0.15) is 0 Å². The molecular weight excluding hydrogens is 184 g/mol. The van der Waals surface area contributed by atoms with Crippen molar-refractivity contribution in [1.82, 2.24) is 0 Å². The van der Waals surface area contributed by atoms with Crippen LogP contribution in [0.25, 0.3) is 0 Å². The fraction of sp³-hybridized carbons (Fsp3) is 0.857. The summed E-state index contributed by atoms with van der Waals surface area (Å²) in [6.45, 7) is 14.7. The van der Waals surface area contributed by atoms with Crippen LogP contribution in [-0.2, 0) is 0 Å². The minimum Gasteiger partial charge on any atom is -0.385 e. The zero-order valence-corrected chi connectivity index (χ0v) is 10.8. The van der Waals surface area contributed by atoms with E-state index in [4.69, 9.17) is 0 Å². The van der Waals surface area contributed by atoms with E-state index in [1.54, 1.807) is 0 Å². The Labute approximate surface area is 96.6 Å². The molecule has 0 aromatic heterocycles. The summed E-state index contributed by atoms with van der Waals surface area (Å²) in [6, 6.07) is 0. The zero-order chi connectivity index (χ0) is 11.6. The molecule has 0 saturated heterocycles. The highest BCUT2D eigenvalue weighted by Gasteiger charge is 2.35. The molecule has 0 heterocycles. The molecule has 92 valence electrons. The van der Waals surface area contributed by atoms with Crippen molar-refractivity contribution in [2.75, 3.05) is 0 Å². The van der Waals surface area contributed by atoms with Crippen molar-refractivity contribution in [3.63, 3.8) is 0 Å². The average molecular weight is 214 g/mol. The highest BCUT2D eigenvalue weighted by Crippen LogP contribution is 2.35. The predicted octanol–water partition coefficient (Wildman–Crippen LogP) is 4.41. The van der Waals surface area contributed by atoms with Crippen molar-refractivity contribution in [2.24, 2.45) is 10.8 Å². The smallest absolute Gasteiger partial charge is 0.0873 e. The van der Waals surface area contributed by atoms with Crippen LogP contribution in [0.5, 0.6) is 0 Å². The van der Waals surface area contributed by atoms with E-state index in [0.29, 0.717) is 0 Å². The monoisotopic (exact) mass is 214 g/mol. The number of allylic oxidation sites excluding steroid dienone is 1. The van der Waals surface area contributed by atoms with Gasteiger partial charge in [-0.15, -0.1) is 0 Å². The number of hydrogen-bond acceptors (Lipinski definition) is 1. The zero-order valence-electron chi connectivity index (χ0n) is 10.8. The predicted molar refractivity (Wildman–Crippen MR) is 70.0 cm³/mol. The molecule has 0 fully saturated rings. The van der Waals surface area contributed by atoms with Crippen molar-refractivity contribution in [3.05, 3.63) is 12.2 Å². The van der Waals surface area contributed by atoms with Crippen molar-refractivity contribution < 1.29 is 5.11 Å². The summed E-state index contributed by atoms with van der Waals surface area (Å²) in [5.41, 5.74) is -0.668. The Hall–Kier alpha value is -0.300. The molecule has 1 unspecified atom stereocenters. The summed E-state index contributed by atoms with van der Waals surface area (Å²) in [5, 5.41) is 10.4. The van der Waals surface area contributed by atoms with Crippen LogP contribution in [-0.4, -0.2) is 10.7 Å². The highest BCUT2D eigenvalue weighted by molar-refractivity contribution is 5.09. The molecule has 0 aliphatic heterocycles. The van der Waals surface area contributed by atoms with Crippen LogP contribution in [0.4, 0.5) is 0 Å². The summed E-state index contributed by atoms with van der Waals surface area (Å²) < 4.78 is 0. The Bertz CT molecular complexity index is 202. The number of hydrogen-bond donors (Lipinski definition) is 1. The van der Waals surface area contributed by atoms with Crippen molar-refractivity contribution >= 4 is 0 Å². The van der Waals surface area contributed by atoms with Gasteiger partial charge in [0.15, 0.2) is 0 Å². The minimum absolute atomic E-state index is 0. The van der Waals surface area contributed by atoms with E-state index >= 15 is 0 Å².